The molecule has 1 saturated carbocycles. The number of esters is 2. The van der Waals surface area contributed by atoms with Crippen molar-refractivity contribution in [2.75, 3.05) is 7.11 Å². The van der Waals surface area contributed by atoms with E-state index in [1.807, 2.05) is 6.92 Å². The average Bonchev–Trinajstić information content (AvgIpc) is 3.25. The highest BCUT2D eigenvalue weighted by molar-refractivity contribution is 6.12. The standard InChI is InChI=1S/C25H28FNO5/c1-13-11-18-22(23(28)19(13)24(29)31-3)21(15-7-6-8-16(26)12-15)20(14(2)27-18)25(30)32-17-9-4-5-10-17/h6-8,12-13,17,19,21,27H,4-5,9-11H2,1-3H3/t13-,19+,21-/m0/s1. The predicted octanol–water partition coefficient (Wildman–Crippen LogP) is 3.92. The van der Waals surface area contributed by atoms with Gasteiger partial charge < -0.3 is 14.8 Å². The fourth-order valence-corrected chi connectivity index (χ4v) is 5.19. The van der Waals surface area contributed by atoms with E-state index in [-0.39, 0.29) is 17.6 Å². The number of dihydropyridines is 1. The smallest absolute Gasteiger partial charge is 0.337 e. The van der Waals surface area contributed by atoms with Crippen LogP contribution in [0.1, 0.15) is 57.4 Å². The van der Waals surface area contributed by atoms with Crippen LogP contribution in [0.25, 0.3) is 0 Å². The molecule has 0 saturated heterocycles. The lowest BCUT2D eigenvalue weighted by molar-refractivity contribution is -0.151. The van der Waals surface area contributed by atoms with E-state index < -0.39 is 35.4 Å². The van der Waals surface area contributed by atoms with Gasteiger partial charge in [-0.1, -0.05) is 19.1 Å². The van der Waals surface area contributed by atoms with Crippen LogP contribution < -0.4 is 5.32 Å². The van der Waals surface area contributed by atoms with E-state index in [4.69, 9.17) is 9.47 Å². The van der Waals surface area contributed by atoms with Gasteiger partial charge in [0.2, 0.25) is 0 Å². The van der Waals surface area contributed by atoms with E-state index >= 15 is 0 Å². The molecule has 1 heterocycles. The molecule has 7 heteroatoms. The molecule has 1 N–H and O–H groups in total. The molecular formula is C25H28FNO5. The third kappa shape index (κ3) is 3.96. The number of ether oxygens (including phenoxy) is 2. The molecule has 4 rings (SSSR count). The molecule has 0 spiro atoms. The van der Waals surface area contributed by atoms with Crippen LogP contribution >= 0.6 is 0 Å². The Balaban J connectivity index is 1.81. The van der Waals surface area contributed by atoms with Gasteiger partial charge in [0.05, 0.1) is 12.7 Å². The molecule has 0 amide bonds. The predicted molar refractivity (Wildman–Crippen MR) is 115 cm³/mol. The Morgan fingerprint density at radius 3 is 2.56 bits per heavy atom. The molecule has 3 aliphatic rings. The van der Waals surface area contributed by atoms with Gasteiger partial charge >= 0.3 is 11.9 Å². The Labute approximate surface area is 186 Å². The lowest BCUT2D eigenvalue weighted by Gasteiger charge is -2.38. The zero-order valence-corrected chi connectivity index (χ0v) is 18.6. The van der Waals surface area contributed by atoms with Crippen molar-refractivity contribution in [2.24, 2.45) is 11.8 Å². The molecule has 1 aromatic rings. The van der Waals surface area contributed by atoms with Gasteiger partial charge in [0, 0.05) is 22.9 Å². The van der Waals surface area contributed by atoms with Crippen molar-refractivity contribution < 1.29 is 28.2 Å². The minimum Gasteiger partial charge on any atom is -0.468 e. The SMILES string of the molecule is COC(=O)[C@H]1C(=O)C2=C(C[C@@H]1C)NC(C)=C(C(=O)OC1CCCC1)[C@@H]2c1cccc(F)c1. The first kappa shape index (κ1) is 22.2. The summed E-state index contributed by atoms with van der Waals surface area (Å²) in [6, 6.07) is 5.89. The number of halogens is 1. The number of carbonyl (C=O) groups is 3. The first-order chi connectivity index (χ1) is 15.3. The third-order valence-electron chi connectivity index (χ3n) is 6.72. The van der Waals surface area contributed by atoms with Crippen molar-refractivity contribution >= 4 is 17.7 Å². The topological polar surface area (TPSA) is 81.7 Å². The van der Waals surface area contributed by atoms with Gasteiger partial charge in [-0.2, -0.15) is 0 Å². The lowest BCUT2D eigenvalue weighted by Crippen LogP contribution is -2.43. The van der Waals surface area contributed by atoms with Gasteiger partial charge in [-0.25, -0.2) is 9.18 Å². The summed E-state index contributed by atoms with van der Waals surface area (Å²) in [7, 11) is 1.25. The molecule has 0 aromatic heterocycles. The number of rotatable bonds is 4. The van der Waals surface area contributed by atoms with Gasteiger partial charge in [-0.15, -0.1) is 0 Å². The number of allylic oxidation sites excluding steroid dienone is 3. The van der Waals surface area contributed by atoms with E-state index in [0.717, 1.165) is 25.7 Å². The summed E-state index contributed by atoms with van der Waals surface area (Å²) in [4.78, 5) is 39.3. The maximum absolute atomic E-state index is 14.2. The van der Waals surface area contributed by atoms with Crippen LogP contribution in [0.4, 0.5) is 4.39 Å². The van der Waals surface area contributed by atoms with Crippen molar-refractivity contribution in [2.45, 2.75) is 58.0 Å². The monoisotopic (exact) mass is 441 g/mol. The Morgan fingerprint density at radius 1 is 1.19 bits per heavy atom. The van der Waals surface area contributed by atoms with Crippen LogP contribution in [0.3, 0.4) is 0 Å². The molecule has 2 aliphatic carbocycles. The molecule has 3 atom stereocenters. The number of hydrogen-bond donors (Lipinski definition) is 1. The summed E-state index contributed by atoms with van der Waals surface area (Å²) in [6.45, 7) is 3.59. The average molecular weight is 441 g/mol. The first-order valence-electron chi connectivity index (χ1n) is 11.1. The molecule has 0 radical (unpaired) electrons. The largest absolute Gasteiger partial charge is 0.468 e. The van der Waals surface area contributed by atoms with E-state index in [0.29, 0.717) is 29.0 Å². The quantitative estimate of drug-likeness (QED) is 0.563. The molecule has 6 nitrogen and oxygen atoms in total. The van der Waals surface area contributed by atoms with Gasteiger partial charge in [0.15, 0.2) is 5.78 Å². The van der Waals surface area contributed by atoms with Crippen molar-refractivity contribution in [3.05, 3.63) is 58.2 Å². The zero-order chi connectivity index (χ0) is 23.0. The maximum atomic E-state index is 14.2. The van der Waals surface area contributed by atoms with Crippen LogP contribution in [0.5, 0.6) is 0 Å². The van der Waals surface area contributed by atoms with Crippen LogP contribution in [0.15, 0.2) is 46.8 Å². The summed E-state index contributed by atoms with van der Waals surface area (Å²) in [6.07, 6.45) is 3.92. The normalized spacial score (nSPS) is 26.0. The Bertz CT molecular complexity index is 1020. The number of carbonyl (C=O) groups excluding carboxylic acids is 3. The molecule has 1 aromatic carbocycles. The highest BCUT2D eigenvalue weighted by Gasteiger charge is 2.47. The molecule has 170 valence electrons. The number of nitrogens with one attached hydrogen (secondary N) is 1. The van der Waals surface area contributed by atoms with E-state index in [1.54, 1.807) is 19.1 Å². The maximum Gasteiger partial charge on any atom is 0.337 e. The number of hydrogen-bond acceptors (Lipinski definition) is 6. The second-order valence-electron chi connectivity index (χ2n) is 8.90. The minimum atomic E-state index is -0.970. The fraction of sp³-hybridized carbons (Fsp3) is 0.480. The summed E-state index contributed by atoms with van der Waals surface area (Å²) < 4.78 is 24.9. The Hall–Kier alpha value is -2.96. The van der Waals surface area contributed by atoms with E-state index in [2.05, 4.69) is 5.32 Å². The van der Waals surface area contributed by atoms with Gasteiger partial charge in [-0.05, 0) is 62.6 Å². The third-order valence-corrected chi connectivity index (χ3v) is 6.72. The Kier molecular flexibility index (Phi) is 6.17. The highest BCUT2D eigenvalue weighted by Crippen LogP contribution is 2.45. The first-order valence-corrected chi connectivity index (χ1v) is 11.1. The summed E-state index contributed by atoms with van der Waals surface area (Å²) in [5.41, 5.74) is 2.31. The van der Waals surface area contributed by atoms with Crippen LogP contribution in [-0.2, 0) is 23.9 Å². The van der Waals surface area contributed by atoms with Gasteiger partial charge in [-0.3, -0.25) is 9.59 Å². The fourth-order valence-electron chi connectivity index (χ4n) is 5.19. The number of benzene rings is 1. The summed E-state index contributed by atoms with van der Waals surface area (Å²) >= 11 is 0. The second kappa shape index (κ2) is 8.88. The van der Waals surface area contributed by atoms with Crippen molar-refractivity contribution in [1.82, 2.24) is 5.32 Å². The highest BCUT2D eigenvalue weighted by atomic mass is 19.1. The number of ketones is 1. The molecule has 1 fully saturated rings. The molecule has 32 heavy (non-hydrogen) atoms. The number of Topliss-reactive ketones (excluding diaryl/α,β-unsaturated/α-hetero) is 1. The zero-order valence-electron chi connectivity index (χ0n) is 18.6. The van der Waals surface area contributed by atoms with Crippen LogP contribution in [0, 0.1) is 17.7 Å². The van der Waals surface area contributed by atoms with Crippen LogP contribution in [0.2, 0.25) is 0 Å². The molecule has 0 unspecified atom stereocenters. The van der Waals surface area contributed by atoms with E-state index in [9.17, 15) is 18.8 Å². The van der Waals surface area contributed by atoms with Gasteiger partial charge in [0.1, 0.15) is 17.8 Å². The lowest BCUT2D eigenvalue weighted by atomic mass is 9.69. The van der Waals surface area contributed by atoms with E-state index in [1.165, 1.54) is 19.2 Å². The van der Waals surface area contributed by atoms with Gasteiger partial charge in [0.25, 0.3) is 0 Å². The minimum absolute atomic E-state index is 0.156. The van der Waals surface area contributed by atoms with Crippen molar-refractivity contribution in [1.29, 1.82) is 0 Å². The van der Waals surface area contributed by atoms with Crippen LogP contribution in [-0.4, -0.2) is 30.9 Å². The summed E-state index contributed by atoms with van der Waals surface area (Å²) in [5, 5.41) is 3.22. The summed E-state index contributed by atoms with van der Waals surface area (Å²) in [5.74, 6) is -4.03. The van der Waals surface area contributed by atoms with Crippen molar-refractivity contribution in [3.8, 4) is 0 Å². The molecular weight excluding hydrogens is 413 g/mol. The number of methoxy groups -OCH3 is 1. The second-order valence-corrected chi connectivity index (χ2v) is 8.90. The Morgan fingerprint density at radius 2 is 1.91 bits per heavy atom. The molecule has 1 aliphatic heterocycles. The van der Waals surface area contributed by atoms with Crippen molar-refractivity contribution in [3.63, 3.8) is 0 Å². The molecule has 0 bridgehead atoms.